The highest BCUT2D eigenvalue weighted by Gasteiger charge is 2.44. The Morgan fingerprint density at radius 1 is 1.22 bits per heavy atom. The third kappa shape index (κ3) is 5.42. The Morgan fingerprint density at radius 3 is 2.41 bits per heavy atom. The van der Waals surface area contributed by atoms with Gasteiger partial charge in [0.25, 0.3) is 0 Å². The van der Waals surface area contributed by atoms with Crippen molar-refractivity contribution < 1.29 is 24.2 Å². The number of carbonyl (C=O) groups is 2. The Balaban J connectivity index is 2.03. The van der Waals surface area contributed by atoms with Crippen molar-refractivity contribution >= 4 is 11.9 Å². The lowest BCUT2D eigenvalue weighted by molar-refractivity contribution is -0.154. The second-order valence-corrected chi connectivity index (χ2v) is 7.97. The van der Waals surface area contributed by atoms with Crippen LogP contribution in [0.5, 0.6) is 0 Å². The number of cyclic esters (lactones) is 1. The molecular weight excluding hydrogens is 344 g/mol. The Kier molecular flexibility index (Phi) is 7.19. The smallest absolute Gasteiger partial charge is 0.338 e. The molecule has 1 atom stereocenters. The minimum Gasteiger partial charge on any atom is -0.458 e. The van der Waals surface area contributed by atoms with Gasteiger partial charge in [-0.3, -0.25) is 0 Å². The van der Waals surface area contributed by atoms with Gasteiger partial charge in [-0.1, -0.05) is 52.0 Å². The van der Waals surface area contributed by atoms with Crippen molar-refractivity contribution in [1.29, 1.82) is 0 Å². The van der Waals surface area contributed by atoms with Crippen LogP contribution in [0.25, 0.3) is 0 Å². The van der Waals surface area contributed by atoms with Gasteiger partial charge in [0, 0.05) is 12.0 Å². The van der Waals surface area contributed by atoms with Gasteiger partial charge in [-0.25, -0.2) is 9.59 Å². The summed E-state index contributed by atoms with van der Waals surface area (Å²) < 4.78 is 10.7. The maximum Gasteiger partial charge on any atom is 0.338 e. The van der Waals surface area contributed by atoms with Crippen LogP contribution in [0.15, 0.2) is 42.0 Å². The molecule has 27 heavy (non-hydrogen) atoms. The molecule has 1 unspecified atom stereocenters. The van der Waals surface area contributed by atoms with E-state index >= 15 is 0 Å². The molecule has 0 bridgehead atoms. The molecule has 5 heteroatoms. The Labute approximate surface area is 161 Å². The molecule has 148 valence electrons. The number of aliphatic hydroxyl groups excluding tert-OH is 1. The molecule has 0 amide bonds. The SMILES string of the molecule is CC(C)C(C/C=C1\CC(CO)(COC(=O)c2ccccc2)OC1=O)C(C)C. The molecule has 1 saturated heterocycles. The van der Waals surface area contributed by atoms with Gasteiger partial charge in [-0.05, 0) is 36.3 Å². The quantitative estimate of drug-likeness (QED) is 0.554. The standard InChI is InChI=1S/C22H30O5/c1-15(2)19(16(3)4)11-10-18-12-22(13-23,27-21(18)25)14-26-20(24)17-8-6-5-7-9-17/h5-10,15-16,19,23H,11-14H2,1-4H3/b18-10+. The number of rotatable bonds is 8. The number of carbonyl (C=O) groups excluding carboxylic acids is 2. The van der Waals surface area contributed by atoms with Gasteiger partial charge >= 0.3 is 11.9 Å². The summed E-state index contributed by atoms with van der Waals surface area (Å²) in [6, 6.07) is 8.60. The molecule has 1 aliphatic heterocycles. The first-order valence-electron chi connectivity index (χ1n) is 9.53. The fourth-order valence-corrected chi connectivity index (χ4v) is 3.53. The number of hydrogen-bond acceptors (Lipinski definition) is 5. The zero-order valence-electron chi connectivity index (χ0n) is 16.6. The van der Waals surface area contributed by atoms with Crippen molar-refractivity contribution in [2.75, 3.05) is 13.2 Å². The van der Waals surface area contributed by atoms with E-state index in [1.165, 1.54) is 0 Å². The largest absolute Gasteiger partial charge is 0.458 e. The van der Waals surface area contributed by atoms with Crippen molar-refractivity contribution in [3.05, 3.63) is 47.5 Å². The highest BCUT2D eigenvalue weighted by Crippen LogP contribution is 2.33. The summed E-state index contributed by atoms with van der Waals surface area (Å²) in [5, 5.41) is 9.79. The van der Waals surface area contributed by atoms with E-state index in [0.29, 0.717) is 28.9 Å². The number of ether oxygens (including phenoxy) is 2. The maximum atomic E-state index is 12.3. The van der Waals surface area contributed by atoms with Gasteiger partial charge in [-0.15, -0.1) is 0 Å². The topological polar surface area (TPSA) is 72.8 Å². The van der Waals surface area contributed by atoms with E-state index in [-0.39, 0.29) is 13.0 Å². The molecule has 1 aromatic carbocycles. The first kappa shape index (κ1) is 21.2. The van der Waals surface area contributed by atoms with Crippen molar-refractivity contribution in [3.63, 3.8) is 0 Å². The minimum absolute atomic E-state index is 0.169. The van der Waals surface area contributed by atoms with Gasteiger partial charge in [0.15, 0.2) is 5.60 Å². The van der Waals surface area contributed by atoms with Gasteiger partial charge < -0.3 is 14.6 Å². The third-order valence-corrected chi connectivity index (χ3v) is 5.20. The molecule has 1 heterocycles. The summed E-state index contributed by atoms with van der Waals surface area (Å²) in [5.41, 5.74) is -0.230. The molecule has 0 radical (unpaired) electrons. The van der Waals surface area contributed by atoms with Crippen molar-refractivity contribution in [2.24, 2.45) is 17.8 Å². The number of aliphatic hydroxyl groups is 1. The van der Waals surface area contributed by atoms with E-state index in [0.717, 1.165) is 6.42 Å². The predicted octanol–water partition coefficient (Wildman–Crippen LogP) is 3.77. The fraction of sp³-hybridized carbons (Fsp3) is 0.545. The van der Waals surface area contributed by atoms with Crippen LogP contribution in [-0.4, -0.2) is 35.9 Å². The summed E-state index contributed by atoms with van der Waals surface area (Å²) in [5.74, 6) is 0.537. The third-order valence-electron chi connectivity index (χ3n) is 5.20. The van der Waals surface area contributed by atoms with Crippen LogP contribution in [0.3, 0.4) is 0 Å². The molecule has 0 aromatic heterocycles. The molecule has 1 aliphatic rings. The van der Waals surface area contributed by atoms with E-state index < -0.39 is 24.1 Å². The molecular formula is C22H30O5. The average Bonchev–Trinajstić information content (AvgIpc) is 2.96. The van der Waals surface area contributed by atoms with Crippen LogP contribution in [0, 0.1) is 17.8 Å². The molecule has 2 rings (SSSR count). The monoisotopic (exact) mass is 374 g/mol. The van der Waals surface area contributed by atoms with Crippen molar-refractivity contribution in [3.8, 4) is 0 Å². The lowest BCUT2D eigenvalue weighted by Gasteiger charge is -2.24. The molecule has 5 nitrogen and oxygen atoms in total. The number of esters is 2. The van der Waals surface area contributed by atoms with E-state index in [1.54, 1.807) is 24.3 Å². The molecule has 0 saturated carbocycles. The van der Waals surface area contributed by atoms with Crippen LogP contribution in [0.4, 0.5) is 0 Å². The number of allylic oxidation sites excluding steroid dienone is 1. The lowest BCUT2D eigenvalue weighted by Crippen LogP contribution is -2.39. The van der Waals surface area contributed by atoms with Crippen LogP contribution >= 0.6 is 0 Å². The van der Waals surface area contributed by atoms with Gasteiger partial charge in [0.1, 0.15) is 6.61 Å². The summed E-state index contributed by atoms with van der Waals surface area (Å²) >= 11 is 0. The molecule has 0 aliphatic carbocycles. The average molecular weight is 374 g/mol. The Bertz CT molecular complexity index is 669. The summed E-state index contributed by atoms with van der Waals surface area (Å²) in [7, 11) is 0. The predicted molar refractivity (Wildman–Crippen MR) is 103 cm³/mol. The second-order valence-electron chi connectivity index (χ2n) is 7.97. The Hall–Kier alpha value is -2.14. The molecule has 1 fully saturated rings. The van der Waals surface area contributed by atoms with E-state index in [2.05, 4.69) is 27.7 Å². The van der Waals surface area contributed by atoms with Crippen molar-refractivity contribution in [2.45, 2.75) is 46.1 Å². The molecule has 1 N–H and O–H groups in total. The summed E-state index contributed by atoms with van der Waals surface area (Å²) in [4.78, 5) is 24.4. The second kappa shape index (κ2) is 9.18. The Morgan fingerprint density at radius 2 is 1.85 bits per heavy atom. The normalized spacial score (nSPS) is 21.3. The van der Waals surface area contributed by atoms with Crippen molar-refractivity contribution in [1.82, 2.24) is 0 Å². The highest BCUT2D eigenvalue weighted by atomic mass is 16.6. The van der Waals surface area contributed by atoms with Crippen LogP contribution in [-0.2, 0) is 14.3 Å². The fourth-order valence-electron chi connectivity index (χ4n) is 3.53. The van der Waals surface area contributed by atoms with Gasteiger partial charge in [-0.2, -0.15) is 0 Å². The zero-order chi connectivity index (χ0) is 20.0. The summed E-state index contributed by atoms with van der Waals surface area (Å²) in [6.45, 7) is 8.15. The number of benzene rings is 1. The maximum absolute atomic E-state index is 12.3. The first-order valence-corrected chi connectivity index (χ1v) is 9.53. The van der Waals surface area contributed by atoms with E-state index in [1.807, 2.05) is 12.1 Å². The van der Waals surface area contributed by atoms with Gasteiger partial charge in [0.2, 0.25) is 0 Å². The summed E-state index contributed by atoms with van der Waals surface area (Å²) in [6.07, 6.45) is 2.95. The highest BCUT2D eigenvalue weighted by molar-refractivity contribution is 5.92. The van der Waals surface area contributed by atoms with E-state index in [9.17, 15) is 14.7 Å². The molecule has 0 spiro atoms. The zero-order valence-corrected chi connectivity index (χ0v) is 16.6. The molecule has 1 aromatic rings. The number of hydrogen-bond donors (Lipinski definition) is 1. The van der Waals surface area contributed by atoms with Gasteiger partial charge in [0.05, 0.1) is 12.2 Å². The van der Waals surface area contributed by atoms with Crippen LogP contribution in [0.1, 0.15) is 50.9 Å². The first-order chi connectivity index (χ1) is 12.8. The lowest BCUT2D eigenvalue weighted by atomic mass is 9.82. The van der Waals surface area contributed by atoms with Crippen LogP contribution < -0.4 is 0 Å². The van der Waals surface area contributed by atoms with Crippen LogP contribution in [0.2, 0.25) is 0 Å². The van der Waals surface area contributed by atoms with E-state index in [4.69, 9.17) is 9.47 Å². The minimum atomic E-state index is -1.20.